The zero-order valence-electron chi connectivity index (χ0n) is 10.3. The number of unbranched alkanes of at least 4 members (excludes halogenated alkanes) is 1. The van der Waals surface area contributed by atoms with Crippen LogP contribution in [0.3, 0.4) is 0 Å². The number of rotatable bonds is 6. The Kier molecular flexibility index (Phi) is 5.50. The molecule has 0 radical (unpaired) electrons. The van der Waals surface area contributed by atoms with Crippen LogP contribution in [0.5, 0.6) is 0 Å². The molecule has 1 unspecified atom stereocenters. The standard InChI is InChI=1S/C13H22O3/c1-3-4-9-11(13(15)16-2)12(14)10-7-5-6-8-10/h10-11H,3-9H2,1-2H3. The van der Waals surface area contributed by atoms with Crippen molar-refractivity contribution in [2.24, 2.45) is 11.8 Å². The number of Topliss-reactive ketones (excluding diaryl/α,β-unsaturated/α-hetero) is 1. The van der Waals surface area contributed by atoms with Gasteiger partial charge in [0, 0.05) is 5.92 Å². The fourth-order valence-electron chi connectivity index (χ4n) is 2.42. The van der Waals surface area contributed by atoms with Gasteiger partial charge in [0.1, 0.15) is 11.7 Å². The Hall–Kier alpha value is -0.860. The first-order chi connectivity index (χ1) is 7.70. The number of carbonyl (C=O) groups is 2. The van der Waals surface area contributed by atoms with Gasteiger partial charge in [-0.3, -0.25) is 9.59 Å². The van der Waals surface area contributed by atoms with E-state index >= 15 is 0 Å². The maximum Gasteiger partial charge on any atom is 0.316 e. The summed E-state index contributed by atoms with van der Waals surface area (Å²) in [4.78, 5) is 23.7. The van der Waals surface area contributed by atoms with E-state index < -0.39 is 5.92 Å². The van der Waals surface area contributed by atoms with Crippen LogP contribution in [-0.4, -0.2) is 18.9 Å². The zero-order valence-corrected chi connectivity index (χ0v) is 10.3. The summed E-state index contributed by atoms with van der Waals surface area (Å²) in [6.45, 7) is 2.06. The Morgan fingerprint density at radius 3 is 2.44 bits per heavy atom. The van der Waals surface area contributed by atoms with Gasteiger partial charge in [0.05, 0.1) is 7.11 Å². The second-order valence-electron chi connectivity index (χ2n) is 4.60. The van der Waals surface area contributed by atoms with E-state index in [1.165, 1.54) is 7.11 Å². The Labute approximate surface area is 97.5 Å². The molecular weight excluding hydrogens is 204 g/mol. The molecule has 1 atom stereocenters. The lowest BCUT2D eigenvalue weighted by Crippen LogP contribution is -2.29. The molecule has 0 saturated heterocycles. The summed E-state index contributed by atoms with van der Waals surface area (Å²) in [6, 6.07) is 0. The van der Waals surface area contributed by atoms with Crippen LogP contribution in [0.4, 0.5) is 0 Å². The summed E-state index contributed by atoms with van der Waals surface area (Å²) in [5.41, 5.74) is 0. The van der Waals surface area contributed by atoms with Gasteiger partial charge < -0.3 is 4.74 Å². The van der Waals surface area contributed by atoms with Crippen molar-refractivity contribution in [2.75, 3.05) is 7.11 Å². The van der Waals surface area contributed by atoms with E-state index in [4.69, 9.17) is 4.74 Å². The van der Waals surface area contributed by atoms with Crippen LogP contribution in [0.1, 0.15) is 51.9 Å². The molecule has 3 nitrogen and oxygen atoms in total. The first-order valence-electron chi connectivity index (χ1n) is 6.32. The molecule has 0 heterocycles. The molecule has 0 aliphatic heterocycles. The number of esters is 1. The first-order valence-corrected chi connectivity index (χ1v) is 6.32. The summed E-state index contributed by atoms with van der Waals surface area (Å²) in [5, 5.41) is 0. The molecule has 16 heavy (non-hydrogen) atoms. The molecular formula is C13H22O3. The van der Waals surface area contributed by atoms with Crippen LogP contribution in [0, 0.1) is 11.8 Å². The van der Waals surface area contributed by atoms with Crippen LogP contribution in [0.15, 0.2) is 0 Å². The van der Waals surface area contributed by atoms with Gasteiger partial charge in [0.2, 0.25) is 0 Å². The second-order valence-corrected chi connectivity index (χ2v) is 4.60. The molecule has 1 aliphatic rings. The summed E-state index contributed by atoms with van der Waals surface area (Å²) < 4.78 is 4.73. The number of hydrogen-bond donors (Lipinski definition) is 0. The topological polar surface area (TPSA) is 43.4 Å². The van der Waals surface area contributed by atoms with Gasteiger partial charge >= 0.3 is 5.97 Å². The van der Waals surface area contributed by atoms with E-state index in [1.54, 1.807) is 0 Å². The van der Waals surface area contributed by atoms with Gasteiger partial charge in [-0.05, 0) is 19.3 Å². The van der Waals surface area contributed by atoms with Crippen molar-refractivity contribution < 1.29 is 14.3 Å². The molecule has 1 aliphatic carbocycles. The summed E-state index contributed by atoms with van der Waals surface area (Å²) >= 11 is 0. The van der Waals surface area contributed by atoms with Crippen molar-refractivity contribution in [1.82, 2.24) is 0 Å². The third-order valence-electron chi connectivity index (χ3n) is 3.43. The fourth-order valence-corrected chi connectivity index (χ4v) is 2.42. The number of methoxy groups -OCH3 is 1. The molecule has 92 valence electrons. The molecule has 0 bridgehead atoms. The molecule has 1 saturated carbocycles. The maximum atomic E-state index is 12.2. The van der Waals surface area contributed by atoms with Crippen molar-refractivity contribution in [2.45, 2.75) is 51.9 Å². The van der Waals surface area contributed by atoms with E-state index in [2.05, 4.69) is 6.92 Å². The maximum absolute atomic E-state index is 12.2. The lowest BCUT2D eigenvalue weighted by Gasteiger charge is -2.16. The third kappa shape index (κ3) is 3.32. The number of carbonyl (C=O) groups excluding carboxylic acids is 2. The molecule has 0 N–H and O–H groups in total. The molecule has 0 aromatic rings. The average Bonchev–Trinajstić information content (AvgIpc) is 2.82. The third-order valence-corrected chi connectivity index (χ3v) is 3.43. The van der Waals surface area contributed by atoms with Gasteiger partial charge in [0.25, 0.3) is 0 Å². The fraction of sp³-hybridized carbons (Fsp3) is 0.846. The minimum atomic E-state index is -0.506. The highest BCUT2D eigenvalue weighted by molar-refractivity contribution is 6.00. The first kappa shape index (κ1) is 13.2. The second kappa shape index (κ2) is 6.66. The zero-order chi connectivity index (χ0) is 12.0. The highest BCUT2D eigenvalue weighted by Crippen LogP contribution is 2.29. The monoisotopic (exact) mass is 226 g/mol. The minimum Gasteiger partial charge on any atom is -0.468 e. The van der Waals surface area contributed by atoms with Gasteiger partial charge in [-0.2, -0.15) is 0 Å². The van der Waals surface area contributed by atoms with E-state index in [0.717, 1.165) is 38.5 Å². The highest BCUT2D eigenvalue weighted by Gasteiger charge is 2.33. The van der Waals surface area contributed by atoms with Crippen molar-refractivity contribution in [3.63, 3.8) is 0 Å². The van der Waals surface area contributed by atoms with Crippen LogP contribution in [0.25, 0.3) is 0 Å². The Morgan fingerprint density at radius 2 is 1.94 bits per heavy atom. The van der Waals surface area contributed by atoms with Crippen LogP contribution in [0.2, 0.25) is 0 Å². The highest BCUT2D eigenvalue weighted by atomic mass is 16.5. The van der Waals surface area contributed by atoms with Crippen LogP contribution in [-0.2, 0) is 14.3 Å². The van der Waals surface area contributed by atoms with Crippen molar-refractivity contribution >= 4 is 11.8 Å². The molecule has 1 rings (SSSR count). The predicted molar refractivity (Wildman–Crippen MR) is 62.0 cm³/mol. The van der Waals surface area contributed by atoms with Gasteiger partial charge in [-0.25, -0.2) is 0 Å². The summed E-state index contributed by atoms with van der Waals surface area (Å²) in [6.07, 6.45) is 6.73. The lowest BCUT2D eigenvalue weighted by atomic mass is 9.88. The van der Waals surface area contributed by atoms with Crippen molar-refractivity contribution in [3.8, 4) is 0 Å². The largest absolute Gasteiger partial charge is 0.468 e. The minimum absolute atomic E-state index is 0.112. The molecule has 3 heteroatoms. The van der Waals surface area contributed by atoms with Crippen molar-refractivity contribution in [3.05, 3.63) is 0 Å². The quantitative estimate of drug-likeness (QED) is 0.516. The van der Waals surface area contributed by atoms with Crippen LogP contribution < -0.4 is 0 Å². The Bertz CT molecular complexity index is 242. The van der Waals surface area contributed by atoms with E-state index in [9.17, 15) is 9.59 Å². The Morgan fingerprint density at radius 1 is 1.31 bits per heavy atom. The van der Waals surface area contributed by atoms with Gasteiger partial charge in [0.15, 0.2) is 0 Å². The number of hydrogen-bond acceptors (Lipinski definition) is 3. The van der Waals surface area contributed by atoms with E-state index in [0.29, 0.717) is 6.42 Å². The van der Waals surface area contributed by atoms with Crippen LogP contribution >= 0.6 is 0 Å². The van der Waals surface area contributed by atoms with Gasteiger partial charge in [-0.1, -0.05) is 32.6 Å². The molecule has 0 aromatic carbocycles. The van der Waals surface area contributed by atoms with Crippen molar-refractivity contribution in [1.29, 1.82) is 0 Å². The molecule has 0 aromatic heterocycles. The average molecular weight is 226 g/mol. The summed E-state index contributed by atoms with van der Waals surface area (Å²) in [7, 11) is 1.36. The normalized spacial score (nSPS) is 18.4. The molecule has 0 amide bonds. The number of ether oxygens (including phenoxy) is 1. The SMILES string of the molecule is CCCCC(C(=O)OC)C(=O)C1CCCC1. The molecule has 0 spiro atoms. The predicted octanol–water partition coefficient (Wildman–Crippen LogP) is 2.73. The lowest BCUT2D eigenvalue weighted by molar-refractivity contribution is -0.150. The van der Waals surface area contributed by atoms with Gasteiger partial charge in [-0.15, -0.1) is 0 Å². The van der Waals surface area contributed by atoms with E-state index in [1.807, 2.05) is 0 Å². The Balaban J connectivity index is 2.59. The summed E-state index contributed by atoms with van der Waals surface area (Å²) in [5.74, 6) is -0.614. The van der Waals surface area contributed by atoms with E-state index in [-0.39, 0.29) is 17.7 Å². The smallest absolute Gasteiger partial charge is 0.316 e. The number of ketones is 1. The molecule has 1 fully saturated rings.